The fraction of sp³-hybridized carbons (Fsp3) is 0.500. The number of nitriles is 1. The summed E-state index contributed by atoms with van der Waals surface area (Å²) in [5.74, 6) is 5.51. The first-order valence-corrected chi connectivity index (χ1v) is 5.66. The first-order chi connectivity index (χ1) is 9.04. The summed E-state index contributed by atoms with van der Waals surface area (Å²) < 4.78 is 0. The summed E-state index contributed by atoms with van der Waals surface area (Å²) >= 11 is 0. The highest BCUT2D eigenvalue weighted by molar-refractivity contribution is 5.62. The van der Waals surface area contributed by atoms with Crippen LogP contribution in [0.3, 0.4) is 0 Å². The van der Waals surface area contributed by atoms with E-state index in [0.717, 1.165) is 0 Å². The number of nitrogens with two attached hydrogens (primary N) is 1. The fourth-order valence-electron chi connectivity index (χ4n) is 1.65. The fourth-order valence-corrected chi connectivity index (χ4v) is 1.65. The molecule has 0 radical (unpaired) electrons. The summed E-state index contributed by atoms with van der Waals surface area (Å²) in [6.07, 6.45) is 0.249. The molecule has 0 bridgehead atoms. The van der Waals surface area contributed by atoms with E-state index < -0.39 is 4.92 Å². The van der Waals surface area contributed by atoms with Crippen molar-refractivity contribution in [2.75, 3.05) is 23.4 Å². The molecule has 0 amide bonds. The number of nitrogens with one attached hydrogen (secondary N) is 1. The van der Waals surface area contributed by atoms with Gasteiger partial charge < -0.3 is 4.90 Å². The SMILES string of the molecule is CCN(CCC#N)c1nc(NN)nc(C)c1[N+](=O)[O-]. The van der Waals surface area contributed by atoms with Crippen LogP contribution < -0.4 is 16.2 Å². The Balaban J connectivity index is 3.32. The van der Waals surface area contributed by atoms with Gasteiger partial charge in [-0.2, -0.15) is 10.2 Å². The minimum atomic E-state index is -0.528. The lowest BCUT2D eigenvalue weighted by Gasteiger charge is -2.21. The van der Waals surface area contributed by atoms with Crippen LogP contribution in [0.2, 0.25) is 0 Å². The number of hydrazine groups is 1. The Bertz CT molecular complexity index is 511. The summed E-state index contributed by atoms with van der Waals surface area (Å²) in [7, 11) is 0. The molecule has 0 aliphatic carbocycles. The molecule has 9 nitrogen and oxygen atoms in total. The summed E-state index contributed by atoms with van der Waals surface area (Å²) in [6, 6.07) is 2.00. The average molecular weight is 265 g/mol. The number of rotatable bonds is 6. The van der Waals surface area contributed by atoms with Gasteiger partial charge in [-0.15, -0.1) is 0 Å². The first-order valence-electron chi connectivity index (χ1n) is 5.66. The molecule has 0 atom stereocenters. The van der Waals surface area contributed by atoms with Gasteiger partial charge in [-0.05, 0) is 13.8 Å². The first kappa shape index (κ1) is 14.6. The molecule has 0 unspecified atom stereocenters. The van der Waals surface area contributed by atoms with Crippen molar-refractivity contribution in [1.29, 1.82) is 5.26 Å². The quantitative estimate of drug-likeness (QED) is 0.436. The van der Waals surface area contributed by atoms with Crippen LogP contribution in [0.1, 0.15) is 19.0 Å². The Morgan fingerprint density at radius 2 is 2.26 bits per heavy atom. The van der Waals surface area contributed by atoms with Crippen LogP contribution in [0.5, 0.6) is 0 Å². The largest absolute Gasteiger partial charge is 0.350 e. The Hall–Kier alpha value is -2.47. The second kappa shape index (κ2) is 6.46. The van der Waals surface area contributed by atoms with E-state index >= 15 is 0 Å². The molecule has 0 spiro atoms. The van der Waals surface area contributed by atoms with Crippen molar-refractivity contribution in [3.8, 4) is 6.07 Å². The second-order valence-corrected chi connectivity index (χ2v) is 3.69. The zero-order valence-electron chi connectivity index (χ0n) is 10.8. The Kier molecular flexibility index (Phi) is 4.96. The maximum atomic E-state index is 11.1. The minimum absolute atomic E-state index is 0.105. The van der Waals surface area contributed by atoms with Crippen molar-refractivity contribution in [2.24, 2.45) is 5.84 Å². The Labute approximate surface area is 110 Å². The number of aromatic nitrogens is 2. The summed E-state index contributed by atoms with van der Waals surface area (Å²) in [6.45, 7) is 4.19. The number of hydrogen-bond acceptors (Lipinski definition) is 8. The van der Waals surface area contributed by atoms with E-state index in [1.807, 2.05) is 13.0 Å². The van der Waals surface area contributed by atoms with E-state index in [9.17, 15) is 10.1 Å². The van der Waals surface area contributed by atoms with Gasteiger partial charge in [0.15, 0.2) is 0 Å². The highest BCUT2D eigenvalue weighted by atomic mass is 16.6. The molecular weight excluding hydrogens is 250 g/mol. The van der Waals surface area contributed by atoms with Gasteiger partial charge in [0, 0.05) is 13.1 Å². The summed E-state index contributed by atoms with van der Waals surface area (Å²) in [5.41, 5.74) is 2.33. The van der Waals surface area contributed by atoms with Crippen LogP contribution in [0, 0.1) is 28.4 Å². The maximum absolute atomic E-state index is 11.1. The van der Waals surface area contributed by atoms with Gasteiger partial charge in [-0.25, -0.2) is 10.8 Å². The summed E-state index contributed by atoms with van der Waals surface area (Å²) in [4.78, 5) is 20.2. The second-order valence-electron chi connectivity index (χ2n) is 3.69. The smallest absolute Gasteiger partial charge is 0.332 e. The predicted octanol–water partition coefficient (Wildman–Crippen LogP) is 0.719. The van der Waals surface area contributed by atoms with Gasteiger partial charge in [0.2, 0.25) is 11.8 Å². The van der Waals surface area contributed by atoms with Crippen molar-refractivity contribution >= 4 is 17.5 Å². The Morgan fingerprint density at radius 3 is 2.74 bits per heavy atom. The third-order valence-electron chi connectivity index (χ3n) is 2.53. The van der Waals surface area contributed by atoms with Crippen LogP contribution in [-0.4, -0.2) is 28.0 Å². The molecule has 0 aliphatic heterocycles. The molecule has 3 N–H and O–H groups in total. The van der Waals surface area contributed by atoms with Gasteiger partial charge in [-0.1, -0.05) is 0 Å². The number of nitro groups is 1. The standard InChI is InChI=1S/C10H15N7O2/c1-3-16(6-4-5-11)9-8(17(18)19)7(2)13-10(14-9)15-12/h3-4,6,12H2,1-2H3,(H,13,14,15). The third kappa shape index (κ3) is 3.26. The number of aryl methyl sites for hydroxylation is 1. The van der Waals surface area contributed by atoms with Crippen LogP contribution >= 0.6 is 0 Å². The van der Waals surface area contributed by atoms with Crippen molar-refractivity contribution in [1.82, 2.24) is 9.97 Å². The van der Waals surface area contributed by atoms with E-state index in [0.29, 0.717) is 13.1 Å². The molecule has 0 aliphatic rings. The van der Waals surface area contributed by atoms with E-state index in [1.54, 1.807) is 4.90 Å². The molecule has 0 fully saturated rings. The van der Waals surface area contributed by atoms with Crippen molar-refractivity contribution in [2.45, 2.75) is 20.3 Å². The topological polar surface area (TPSA) is 134 Å². The molecule has 1 aromatic rings. The zero-order valence-corrected chi connectivity index (χ0v) is 10.8. The molecule has 102 valence electrons. The van der Waals surface area contributed by atoms with Gasteiger partial charge in [0.1, 0.15) is 5.69 Å². The number of nitrogen functional groups attached to an aromatic ring is 1. The van der Waals surface area contributed by atoms with Crippen LogP contribution in [0.15, 0.2) is 0 Å². The lowest BCUT2D eigenvalue weighted by Crippen LogP contribution is -2.27. The van der Waals surface area contributed by atoms with Gasteiger partial charge >= 0.3 is 5.69 Å². The van der Waals surface area contributed by atoms with Crippen LogP contribution in [0.4, 0.5) is 17.5 Å². The van der Waals surface area contributed by atoms with E-state index in [2.05, 4.69) is 15.4 Å². The summed E-state index contributed by atoms with van der Waals surface area (Å²) in [5, 5.41) is 19.7. The van der Waals surface area contributed by atoms with Crippen molar-refractivity contribution in [3.63, 3.8) is 0 Å². The van der Waals surface area contributed by atoms with Gasteiger partial charge in [0.05, 0.1) is 17.4 Å². The minimum Gasteiger partial charge on any atom is -0.350 e. The Morgan fingerprint density at radius 1 is 1.58 bits per heavy atom. The number of anilines is 2. The molecule has 1 aromatic heterocycles. The highest BCUT2D eigenvalue weighted by Gasteiger charge is 2.25. The lowest BCUT2D eigenvalue weighted by molar-refractivity contribution is -0.385. The third-order valence-corrected chi connectivity index (χ3v) is 2.53. The van der Waals surface area contributed by atoms with Gasteiger partial charge in [-0.3, -0.25) is 15.5 Å². The number of hydrogen-bond donors (Lipinski definition) is 2. The molecule has 0 saturated carbocycles. The molecular formula is C10H15N7O2. The molecule has 0 aromatic carbocycles. The molecule has 1 rings (SSSR count). The van der Waals surface area contributed by atoms with E-state index in [4.69, 9.17) is 11.1 Å². The van der Waals surface area contributed by atoms with E-state index in [-0.39, 0.29) is 29.6 Å². The lowest BCUT2D eigenvalue weighted by atomic mass is 10.3. The molecule has 0 saturated heterocycles. The average Bonchev–Trinajstić information content (AvgIpc) is 2.38. The van der Waals surface area contributed by atoms with Gasteiger partial charge in [0.25, 0.3) is 0 Å². The van der Waals surface area contributed by atoms with Crippen molar-refractivity contribution < 1.29 is 4.92 Å². The maximum Gasteiger partial charge on any atom is 0.332 e. The monoisotopic (exact) mass is 265 g/mol. The number of nitrogens with zero attached hydrogens (tertiary/aromatic N) is 5. The molecule has 1 heterocycles. The normalized spacial score (nSPS) is 9.79. The van der Waals surface area contributed by atoms with Crippen LogP contribution in [-0.2, 0) is 0 Å². The van der Waals surface area contributed by atoms with E-state index in [1.165, 1.54) is 6.92 Å². The molecule has 9 heteroatoms. The highest BCUT2D eigenvalue weighted by Crippen LogP contribution is 2.29. The zero-order chi connectivity index (χ0) is 14.4. The van der Waals surface area contributed by atoms with Crippen LogP contribution in [0.25, 0.3) is 0 Å². The predicted molar refractivity (Wildman–Crippen MR) is 69.4 cm³/mol. The molecule has 19 heavy (non-hydrogen) atoms. The van der Waals surface area contributed by atoms with Crippen molar-refractivity contribution in [3.05, 3.63) is 15.8 Å².